The number of benzene rings is 2. The molecule has 0 radical (unpaired) electrons. The Morgan fingerprint density at radius 2 is 1.95 bits per heavy atom. The van der Waals surface area contributed by atoms with Crippen LogP contribution in [0.1, 0.15) is 5.56 Å². The molecule has 0 atom stereocenters. The highest BCUT2D eigenvalue weighted by Gasteiger charge is 2.12. The van der Waals surface area contributed by atoms with E-state index >= 15 is 0 Å². The first-order valence-corrected chi connectivity index (χ1v) is 5.79. The number of oxime groups is 1. The maximum atomic E-state index is 14.1. The molecule has 6 heteroatoms. The van der Waals surface area contributed by atoms with Crippen molar-refractivity contribution in [3.63, 3.8) is 0 Å². The Morgan fingerprint density at radius 1 is 1.20 bits per heavy atom. The van der Waals surface area contributed by atoms with Crippen LogP contribution in [0.25, 0.3) is 0 Å². The molecule has 0 aliphatic heterocycles. The number of anilines is 2. The molecule has 2 aromatic carbocycles. The summed E-state index contributed by atoms with van der Waals surface area (Å²) in [7, 11) is 1.62. The number of hydrogen-bond acceptors (Lipinski definition) is 3. The Labute approximate surface area is 114 Å². The van der Waals surface area contributed by atoms with Crippen molar-refractivity contribution < 1.29 is 14.0 Å². The Morgan fingerprint density at radius 3 is 2.55 bits per heavy atom. The molecule has 0 spiro atoms. The number of nitrogens with two attached hydrogens (primary N) is 1. The minimum Gasteiger partial charge on any atom is -0.409 e. The Kier molecular flexibility index (Phi) is 3.84. The third kappa shape index (κ3) is 2.69. The molecule has 0 fully saturated rings. The average molecular weight is 277 g/mol. The van der Waals surface area contributed by atoms with Crippen LogP contribution < -0.4 is 10.6 Å². The minimum atomic E-state index is -0.555. The molecule has 4 nitrogen and oxygen atoms in total. The van der Waals surface area contributed by atoms with Crippen molar-refractivity contribution in [2.45, 2.75) is 0 Å². The van der Waals surface area contributed by atoms with Gasteiger partial charge >= 0.3 is 0 Å². The molecule has 0 bridgehead atoms. The van der Waals surface area contributed by atoms with Crippen LogP contribution in [-0.2, 0) is 0 Å². The zero-order valence-electron chi connectivity index (χ0n) is 10.7. The van der Waals surface area contributed by atoms with E-state index in [9.17, 15) is 8.78 Å². The third-order valence-corrected chi connectivity index (χ3v) is 2.91. The van der Waals surface area contributed by atoms with Gasteiger partial charge in [-0.3, -0.25) is 0 Å². The molecule has 2 aromatic rings. The molecule has 0 heterocycles. The van der Waals surface area contributed by atoms with Crippen LogP contribution >= 0.6 is 0 Å². The number of rotatable bonds is 3. The van der Waals surface area contributed by atoms with E-state index in [1.54, 1.807) is 19.2 Å². The van der Waals surface area contributed by atoms with Crippen molar-refractivity contribution in [3.8, 4) is 0 Å². The minimum absolute atomic E-state index is 0.177. The van der Waals surface area contributed by atoms with E-state index in [0.29, 0.717) is 5.69 Å². The first-order valence-electron chi connectivity index (χ1n) is 5.79. The number of nitrogens with zero attached hydrogens (tertiary/aromatic N) is 2. The molecule has 20 heavy (non-hydrogen) atoms. The van der Waals surface area contributed by atoms with Crippen LogP contribution in [0.5, 0.6) is 0 Å². The zero-order chi connectivity index (χ0) is 14.7. The normalized spacial score (nSPS) is 11.4. The van der Waals surface area contributed by atoms with Crippen LogP contribution in [0.4, 0.5) is 20.2 Å². The molecule has 3 N–H and O–H groups in total. The van der Waals surface area contributed by atoms with Gasteiger partial charge in [-0.25, -0.2) is 8.78 Å². The van der Waals surface area contributed by atoms with E-state index in [0.717, 1.165) is 6.07 Å². The second kappa shape index (κ2) is 5.56. The van der Waals surface area contributed by atoms with Crippen LogP contribution in [-0.4, -0.2) is 18.1 Å². The standard InChI is InChI=1S/C14H13F2N3O/c1-19(11-4-2-3-10(15)8-11)13-6-5-9(7-12(13)16)14(17)18-20/h2-8,20H,1H3,(H2,17,18). The Hall–Kier alpha value is -2.63. The lowest BCUT2D eigenvalue weighted by Gasteiger charge is -2.20. The van der Waals surface area contributed by atoms with Crippen molar-refractivity contribution in [2.75, 3.05) is 11.9 Å². The second-order valence-electron chi connectivity index (χ2n) is 4.19. The van der Waals surface area contributed by atoms with Gasteiger partial charge in [-0.2, -0.15) is 0 Å². The summed E-state index contributed by atoms with van der Waals surface area (Å²) in [6.45, 7) is 0. The maximum Gasteiger partial charge on any atom is 0.170 e. The van der Waals surface area contributed by atoms with Crippen molar-refractivity contribution in [2.24, 2.45) is 10.9 Å². The first kappa shape index (κ1) is 13.8. The summed E-state index contributed by atoms with van der Waals surface area (Å²) in [5.74, 6) is -1.13. The van der Waals surface area contributed by atoms with E-state index in [2.05, 4.69) is 5.16 Å². The van der Waals surface area contributed by atoms with Crippen LogP contribution in [0.3, 0.4) is 0 Å². The summed E-state index contributed by atoms with van der Waals surface area (Å²) in [4.78, 5) is 1.51. The monoisotopic (exact) mass is 277 g/mol. The maximum absolute atomic E-state index is 14.1. The number of halogens is 2. The van der Waals surface area contributed by atoms with Crippen molar-refractivity contribution in [3.05, 3.63) is 59.7 Å². The van der Waals surface area contributed by atoms with Gasteiger partial charge in [-0.1, -0.05) is 11.2 Å². The topological polar surface area (TPSA) is 61.8 Å². The molecule has 0 unspecified atom stereocenters. The van der Waals surface area contributed by atoms with Gasteiger partial charge in [0.1, 0.15) is 11.6 Å². The lowest BCUT2D eigenvalue weighted by atomic mass is 10.1. The van der Waals surface area contributed by atoms with E-state index < -0.39 is 11.6 Å². The fraction of sp³-hybridized carbons (Fsp3) is 0.0714. The molecule has 0 aromatic heterocycles. The van der Waals surface area contributed by atoms with Gasteiger partial charge in [0.2, 0.25) is 0 Å². The van der Waals surface area contributed by atoms with Gasteiger partial charge in [0.05, 0.1) is 5.69 Å². The van der Waals surface area contributed by atoms with Gasteiger partial charge in [0.15, 0.2) is 5.84 Å². The Bertz CT molecular complexity index is 659. The molecule has 104 valence electrons. The molecule has 0 aliphatic rings. The summed E-state index contributed by atoms with van der Waals surface area (Å²) in [5.41, 5.74) is 6.42. The highest BCUT2D eigenvalue weighted by Crippen LogP contribution is 2.27. The highest BCUT2D eigenvalue weighted by atomic mass is 19.1. The average Bonchev–Trinajstić information content (AvgIpc) is 2.45. The molecular weight excluding hydrogens is 264 g/mol. The SMILES string of the molecule is CN(c1cccc(F)c1)c1ccc(C(N)=NO)cc1F. The van der Waals surface area contributed by atoms with Crippen molar-refractivity contribution >= 4 is 17.2 Å². The summed E-state index contributed by atoms with van der Waals surface area (Å²) >= 11 is 0. The van der Waals surface area contributed by atoms with Gasteiger partial charge in [-0.05, 0) is 36.4 Å². The summed E-state index contributed by atoms with van der Waals surface area (Å²) in [6.07, 6.45) is 0. The molecule has 0 saturated heterocycles. The largest absolute Gasteiger partial charge is 0.409 e. The van der Waals surface area contributed by atoms with E-state index in [4.69, 9.17) is 10.9 Å². The number of amidine groups is 1. The van der Waals surface area contributed by atoms with Crippen LogP contribution in [0.2, 0.25) is 0 Å². The smallest absolute Gasteiger partial charge is 0.170 e. The summed E-state index contributed by atoms with van der Waals surface area (Å²) < 4.78 is 27.2. The highest BCUT2D eigenvalue weighted by molar-refractivity contribution is 5.97. The molecule has 0 saturated carbocycles. The third-order valence-electron chi connectivity index (χ3n) is 2.91. The van der Waals surface area contributed by atoms with Gasteiger partial charge in [0, 0.05) is 18.3 Å². The first-order chi connectivity index (χ1) is 9.52. The van der Waals surface area contributed by atoms with Gasteiger partial charge in [-0.15, -0.1) is 0 Å². The predicted octanol–water partition coefficient (Wildman–Crippen LogP) is 2.83. The quantitative estimate of drug-likeness (QED) is 0.392. The molecule has 0 amide bonds. The van der Waals surface area contributed by atoms with Gasteiger partial charge in [0.25, 0.3) is 0 Å². The fourth-order valence-corrected chi connectivity index (χ4v) is 1.82. The van der Waals surface area contributed by atoms with E-state index in [1.165, 1.54) is 29.2 Å². The van der Waals surface area contributed by atoms with Crippen LogP contribution in [0, 0.1) is 11.6 Å². The van der Waals surface area contributed by atoms with Crippen molar-refractivity contribution in [1.29, 1.82) is 0 Å². The van der Waals surface area contributed by atoms with E-state index in [-0.39, 0.29) is 17.1 Å². The van der Waals surface area contributed by atoms with E-state index in [1.807, 2.05) is 0 Å². The zero-order valence-corrected chi connectivity index (χ0v) is 10.7. The van der Waals surface area contributed by atoms with Crippen molar-refractivity contribution in [1.82, 2.24) is 0 Å². The predicted molar refractivity (Wildman–Crippen MR) is 73.4 cm³/mol. The lowest BCUT2D eigenvalue weighted by molar-refractivity contribution is 0.318. The molecule has 0 aliphatic carbocycles. The molecule has 2 rings (SSSR count). The number of hydrogen-bond donors (Lipinski definition) is 2. The lowest BCUT2D eigenvalue weighted by Crippen LogP contribution is -2.15. The second-order valence-corrected chi connectivity index (χ2v) is 4.19. The summed E-state index contributed by atoms with van der Waals surface area (Å²) in [5, 5.41) is 11.4. The van der Waals surface area contributed by atoms with Crippen LogP contribution in [0.15, 0.2) is 47.6 Å². The molecular formula is C14H13F2N3O. The van der Waals surface area contributed by atoms with Gasteiger partial charge < -0.3 is 15.8 Å². The fourth-order valence-electron chi connectivity index (χ4n) is 1.82. The summed E-state index contributed by atoms with van der Waals surface area (Å²) in [6, 6.07) is 9.98. The Balaban J connectivity index is 2.38.